The summed E-state index contributed by atoms with van der Waals surface area (Å²) >= 11 is 1.55. The molecular weight excluding hydrogens is 299 g/mol. The fourth-order valence-corrected chi connectivity index (χ4v) is 2.78. The molecule has 0 aliphatic rings. The molecule has 0 heterocycles. The third-order valence-electron chi connectivity index (χ3n) is 3.08. The lowest BCUT2D eigenvalue weighted by Crippen LogP contribution is -2.43. The van der Waals surface area contributed by atoms with Gasteiger partial charge in [-0.15, -0.1) is 0 Å². The summed E-state index contributed by atoms with van der Waals surface area (Å²) in [5.41, 5.74) is -0.808. The second-order valence-electron chi connectivity index (χ2n) is 5.61. The van der Waals surface area contributed by atoms with Gasteiger partial charge in [0.05, 0.1) is 11.2 Å². The Bertz CT molecular complexity index is 449. The number of hydrogen-bond acceptors (Lipinski definition) is 3. The zero-order valence-corrected chi connectivity index (χ0v) is 13.3. The highest BCUT2D eigenvalue weighted by molar-refractivity contribution is 7.98. The van der Waals surface area contributed by atoms with Crippen LogP contribution in [0.25, 0.3) is 0 Å². The van der Waals surface area contributed by atoms with Crippen LogP contribution in [0.5, 0.6) is 0 Å². The summed E-state index contributed by atoms with van der Waals surface area (Å²) in [7, 11) is 0. The van der Waals surface area contributed by atoms with Crippen LogP contribution in [0.15, 0.2) is 24.3 Å². The molecule has 120 valence electrons. The smallest absolute Gasteiger partial charge is 0.388 e. The molecule has 1 rings (SSSR count). The Balaban J connectivity index is 2.57. The Labute approximate surface area is 128 Å². The number of alkyl halides is 3. The van der Waals surface area contributed by atoms with Gasteiger partial charge < -0.3 is 10.4 Å². The molecule has 0 aliphatic carbocycles. The average molecular weight is 321 g/mol. The minimum atomic E-state index is -4.31. The number of rotatable bonds is 7. The molecule has 0 bridgehead atoms. The van der Waals surface area contributed by atoms with E-state index in [0.717, 1.165) is 6.07 Å². The lowest BCUT2D eigenvalue weighted by Gasteiger charge is -2.25. The van der Waals surface area contributed by atoms with Gasteiger partial charge in [-0.2, -0.15) is 24.9 Å². The number of benzene rings is 1. The predicted octanol–water partition coefficient (Wildman–Crippen LogP) is 3.34. The van der Waals surface area contributed by atoms with Crippen LogP contribution in [0.2, 0.25) is 0 Å². The summed E-state index contributed by atoms with van der Waals surface area (Å²) in [6.45, 7) is 4.05. The first-order valence-corrected chi connectivity index (χ1v) is 8.14. The maximum Gasteiger partial charge on any atom is 0.416 e. The van der Waals surface area contributed by atoms with Crippen molar-refractivity contribution >= 4 is 11.8 Å². The number of nitrogens with one attached hydrogen (secondary N) is 1. The summed E-state index contributed by atoms with van der Waals surface area (Å²) in [4.78, 5) is 0. The SMILES string of the molecule is CSC[C@@](C)(O)CN[C@@H](C)Cc1cccc(C(F)(F)F)c1. The summed E-state index contributed by atoms with van der Waals surface area (Å²) in [5, 5.41) is 13.2. The van der Waals surface area contributed by atoms with E-state index >= 15 is 0 Å². The van der Waals surface area contributed by atoms with E-state index in [1.165, 1.54) is 12.1 Å². The van der Waals surface area contributed by atoms with Gasteiger partial charge in [-0.05, 0) is 38.2 Å². The minimum absolute atomic E-state index is 0.0122. The van der Waals surface area contributed by atoms with Gasteiger partial charge in [0.25, 0.3) is 0 Å². The molecule has 0 saturated heterocycles. The first kappa shape index (κ1) is 18.3. The standard InChI is InChI=1S/C15H22F3NOS/c1-11(19-9-14(2,20)10-21-3)7-12-5-4-6-13(8-12)15(16,17)18/h4-6,8,11,19-20H,7,9-10H2,1-3H3/t11-,14-/m0/s1. The maximum atomic E-state index is 12.6. The zero-order valence-electron chi connectivity index (χ0n) is 12.5. The zero-order chi connectivity index (χ0) is 16.1. The highest BCUT2D eigenvalue weighted by Crippen LogP contribution is 2.29. The van der Waals surface area contributed by atoms with Gasteiger partial charge in [-0.3, -0.25) is 0 Å². The summed E-state index contributed by atoms with van der Waals surface area (Å²) in [5.74, 6) is 0.607. The van der Waals surface area contributed by atoms with Crippen LogP contribution in [0.1, 0.15) is 25.0 Å². The van der Waals surface area contributed by atoms with Crippen molar-refractivity contribution in [1.82, 2.24) is 5.32 Å². The molecule has 0 spiro atoms. The van der Waals surface area contributed by atoms with Gasteiger partial charge >= 0.3 is 6.18 Å². The predicted molar refractivity (Wildman–Crippen MR) is 81.6 cm³/mol. The van der Waals surface area contributed by atoms with Crippen molar-refractivity contribution in [3.05, 3.63) is 35.4 Å². The second-order valence-corrected chi connectivity index (χ2v) is 6.48. The van der Waals surface area contributed by atoms with Gasteiger partial charge in [-0.1, -0.05) is 18.2 Å². The molecule has 1 aromatic carbocycles. The quantitative estimate of drug-likeness (QED) is 0.808. The molecular formula is C15H22F3NOS. The van der Waals surface area contributed by atoms with Gasteiger partial charge in [0.2, 0.25) is 0 Å². The fraction of sp³-hybridized carbons (Fsp3) is 0.600. The van der Waals surface area contributed by atoms with Crippen LogP contribution in [-0.4, -0.2) is 35.3 Å². The molecule has 2 nitrogen and oxygen atoms in total. The molecule has 0 unspecified atom stereocenters. The molecule has 0 fully saturated rings. The summed E-state index contributed by atoms with van der Waals surface area (Å²) in [6.07, 6.45) is -1.91. The van der Waals surface area contributed by atoms with Crippen molar-refractivity contribution < 1.29 is 18.3 Å². The van der Waals surface area contributed by atoms with E-state index in [9.17, 15) is 18.3 Å². The molecule has 6 heteroatoms. The monoisotopic (exact) mass is 321 g/mol. The van der Waals surface area contributed by atoms with E-state index in [1.807, 2.05) is 13.2 Å². The number of hydrogen-bond donors (Lipinski definition) is 2. The molecule has 0 aromatic heterocycles. The average Bonchev–Trinajstić information content (AvgIpc) is 2.36. The lowest BCUT2D eigenvalue weighted by atomic mass is 10.0. The Morgan fingerprint density at radius 3 is 2.57 bits per heavy atom. The summed E-state index contributed by atoms with van der Waals surface area (Å²) < 4.78 is 37.9. The third kappa shape index (κ3) is 6.72. The van der Waals surface area contributed by atoms with Crippen LogP contribution < -0.4 is 5.32 Å². The minimum Gasteiger partial charge on any atom is -0.388 e. The van der Waals surface area contributed by atoms with Crippen molar-refractivity contribution in [2.24, 2.45) is 0 Å². The van der Waals surface area contributed by atoms with Crippen LogP contribution >= 0.6 is 11.8 Å². The largest absolute Gasteiger partial charge is 0.416 e. The van der Waals surface area contributed by atoms with Gasteiger partial charge in [0, 0.05) is 18.3 Å². The number of aliphatic hydroxyl groups is 1. The number of halogens is 3. The molecule has 0 saturated carbocycles. The maximum absolute atomic E-state index is 12.6. The fourth-order valence-electron chi connectivity index (χ4n) is 2.06. The van der Waals surface area contributed by atoms with Crippen LogP contribution in [0, 0.1) is 0 Å². The number of thioether (sulfide) groups is 1. The molecule has 2 atom stereocenters. The van der Waals surface area contributed by atoms with E-state index in [-0.39, 0.29) is 6.04 Å². The first-order chi connectivity index (χ1) is 9.64. The van der Waals surface area contributed by atoms with E-state index in [0.29, 0.717) is 24.3 Å². The second kappa shape index (κ2) is 7.51. The van der Waals surface area contributed by atoms with Crippen LogP contribution in [0.4, 0.5) is 13.2 Å². The molecule has 1 aromatic rings. The highest BCUT2D eigenvalue weighted by atomic mass is 32.2. The van der Waals surface area contributed by atoms with Gasteiger partial charge in [-0.25, -0.2) is 0 Å². The Morgan fingerprint density at radius 1 is 1.33 bits per heavy atom. The van der Waals surface area contributed by atoms with Crippen LogP contribution in [0.3, 0.4) is 0 Å². The van der Waals surface area contributed by atoms with Crippen molar-refractivity contribution in [2.45, 2.75) is 38.1 Å². The Morgan fingerprint density at radius 2 is 2.00 bits per heavy atom. The van der Waals surface area contributed by atoms with Crippen molar-refractivity contribution in [3.63, 3.8) is 0 Å². The molecule has 0 aliphatic heterocycles. The Kier molecular flexibility index (Phi) is 6.56. The van der Waals surface area contributed by atoms with Gasteiger partial charge in [0.1, 0.15) is 0 Å². The Hall–Kier alpha value is -0.720. The molecule has 21 heavy (non-hydrogen) atoms. The van der Waals surface area contributed by atoms with E-state index < -0.39 is 17.3 Å². The normalized spacial score (nSPS) is 16.5. The van der Waals surface area contributed by atoms with E-state index in [2.05, 4.69) is 5.32 Å². The third-order valence-corrected chi connectivity index (χ3v) is 3.99. The van der Waals surface area contributed by atoms with Crippen molar-refractivity contribution in [2.75, 3.05) is 18.6 Å². The first-order valence-electron chi connectivity index (χ1n) is 6.75. The summed E-state index contributed by atoms with van der Waals surface area (Å²) in [6, 6.07) is 5.35. The molecule has 0 amide bonds. The van der Waals surface area contributed by atoms with E-state index in [4.69, 9.17) is 0 Å². The lowest BCUT2D eigenvalue weighted by molar-refractivity contribution is -0.137. The molecule has 2 N–H and O–H groups in total. The molecule has 0 radical (unpaired) electrons. The van der Waals surface area contributed by atoms with Crippen LogP contribution in [-0.2, 0) is 12.6 Å². The topological polar surface area (TPSA) is 32.3 Å². The van der Waals surface area contributed by atoms with Crippen molar-refractivity contribution in [1.29, 1.82) is 0 Å². The van der Waals surface area contributed by atoms with Crippen molar-refractivity contribution in [3.8, 4) is 0 Å². The highest BCUT2D eigenvalue weighted by Gasteiger charge is 2.30. The van der Waals surface area contributed by atoms with E-state index in [1.54, 1.807) is 24.8 Å². The van der Waals surface area contributed by atoms with Gasteiger partial charge in [0.15, 0.2) is 0 Å².